The second-order valence-corrected chi connectivity index (χ2v) is 17.4. The summed E-state index contributed by atoms with van der Waals surface area (Å²) in [5.74, 6) is -8.35. The number of phenolic OH excluding ortho intramolecular Hbond substituents is 1. The van der Waals surface area contributed by atoms with E-state index in [0.29, 0.717) is 0 Å². The fourth-order valence-electron chi connectivity index (χ4n) is 9.20. The normalized spacial score (nSPS) is 33.2. The fourth-order valence-corrected chi connectivity index (χ4v) is 9.20. The Morgan fingerprint density at radius 1 is 0.921 bits per heavy atom. The number of hydrogen-bond acceptors (Lipinski definition) is 15. The van der Waals surface area contributed by atoms with Crippen molar-refractivity contribution < 1.29 is 62.2 Å². The maximum absolute atomic E-state index is 14.8. The Bertz CT molecular complexity index is 2310. The first-order valence-corrected chi connectivity index (χ1v) is 21.2. The van der Waals surface area contributed by atoms with E-state index in [1.54, 1.807) is 30.1 Å². The van der Waals surface area contributed by atoms with Crippen molar-refractivity contribution in [3.05, 3.63) is 88.5 Å². The van der Waals surface area contributed by atoms with E-state index in [1.807, 2.05) is 47.6 Å². The number of carbonyl (C=O) groups excluding carboxylic acids is 5. The highest BCUT2D eigenvalue weighted by Crippen LogP contribution is 2.49. The van der Waals surface area contributed by atoms with Gasteiger partial charge in [0, 0.05) is 74.3 Å². The van der Waals surface area contributed by atoms with Crippen molar-refractivity contribution in [1.29, 1.82) is 0 Å². The molecule has 338 valence electrons. The lowest BCUT2D eigenvalue weighted by atomic mass is 9.77. The molecule has 6 aliphatic rings. The highest BCUT2D eigenvalue weighted by molar-refractivity contribution is 6.32. The molecule has 5 aliphatic heterocycles. The number of nitrogens with zero attached hydrogens (tertiary/aromatic N) is 3. The number of aromatic nitrogens is 2. The lowest BCUT2D eigenvalue weighted by molar-refractivity contribution is -0.336. The van der Waals surface area contributed by atoms with Crippen molar-refractivity contribution in [2.75, 3.05) is 33.4 Å². The highest BCUT2D eigenvalue weighted by atomic mass is 16.7. The monoisotopic (exact) mass is 872 g/mol. The van der Waals surface area contributed by atoms with Crippen LogP contribution in [0.5, 0.6) is 11.5 Å². The molecule has 8 rings (SSSR count). The van der Waals surface area contributed by atoms with E-state index in [0.717, 1.165) is 0 Å². The molecule has 1 aromatic heterocycles. The standard InChI is InChI=1S/C46H56N4O13/c1-23-12-11-13-24(2)43(55)48-33-34(49-17-20-58-21-18-49)37(53)30-31(36(33)52)35(51)26(4)41-32(30)42(54)46(9,63-41)59-19-14-29(57-10)25(3)39(60-44(56)50-16-15-47-22-50)28(6)40-27(5)38(23)61-45(7,8)62-40/h11-16,19,22-23,25,27-29,38-40,51H,17-18,20-21H2,1-10H3,(H,48,55)/b12-11+,19-14+,24-13-/t23-,25+,27+,28-,29-,38-,39+,40+,46-/m0/s1. The molecule has 0 unspecified atom stereocenters. The average molecular weight is 873 g/mol. The number of carbonyl (C=O) groups is 5. The van der Waals surface area contributed by atoms with Gasteiger partial charge in [0.1, 0.15) is 35.3 Å². The van der Waals surface area contributed by atoms with Crippen LogP contribution in [-0.4, -0.2) is 118 Å². The molecule has 2 aromatic rings. The molecule has 1 aromatic carbocycles. The van der Waals surface area contributed by atoms with Gasteiger partial charge in [-0.2, -0.15) is 0 Å². The summed E-state index contributed by atoms with van der Waals surface area (Å²) in [5, 5.41) is 14.3. The van der Waals surface area contributed by atoms with Crippen molar-refractivity contribution in [2.45, 2.75) is 98.3 Å². The predicted molar refractivity (Wildman–Crippen MR) is 225 cm³/mol. The van der Waals surface area contributed by atoms with Gasteiger partial charge in [-0.25, -0.2) is 14.3 Å². The number of allylic oxidation sites excluding steroid dienone is 4. The first-order valence-electron chi connectivity index (χ1n) is 21.2. The summed E-state index contributed by atoms with van der Waals surface area (Å²) < 4.78 is 44.4. The molecule has 0 radical (unpaired) electrons. The molecular weight excluding hydrogens is 817 g/mol. The van der Waals surface area contributed by atoms with Gasteiger partial charge in [-0.1, -0.05) is 45.9 Å². The van der Waals surface area contributed by atoms with Gasteiger partial charge in [-0.15, -0.1) is 0 Å². The van der Waals surface area contributed by atoms with Gasteiger partial charge in [0.15, 0.2) is 5.79 Å². The summed E-state index contributed by atoms with van der Waals surface area (Å²) in [6.07, 6.45) is 9.16. The number of ether oxygens (including phenoxy) is 7. The van der Waals surface area contributed by atoms with E-state index in [4.69, 9.17) is 33.2 Å². The Morgan fingerprint density at radius 3 is 2.29 bits per heavy atom. The van der Waals surface area contributed by atoms with Gasteiger partial charge in [0.25, 0.3) is 11.7 Å². The van der Waals surface area contributed by atoms with Gasteiger partial charge in [0.05, 0.1) is 54.5 Å². The lowest BCUT2D eigenvalue weighted by Crippen LogP contribution is -2.56. The summed E-state index contributed by atoms with van der Waals surface area (Å²) in [6, 6.07) is 0. The molecule has 2 fully saturated rings. The summed E-state index contributed by atoms with van der Waals surface area (Å²) in [7, 11) is 1.49. The zero-order valence-electron chi connectivity index (χ0n) is 37.3. The van der Waals surface area contributed by atoms with Crippen molar-refractivity contribution in [2.24, 2.45) is 23.7 Å². The van der Waals surface area contributed by atoms with Gasteiger partial charge >= 0.3 is 11.9 Å². The van der Waals surface area contributed by atoms with E-state index in [-0.39, 0.29) is 77.5 Å². The van der Waals surface area contributed by atoms with Crippen LogP contribution in [0.1, 0.15) is 92.0 Å². The lowest BCUT2D eigenvalue weighted by Gasteiger charge is -2.50. The van der Waals surface area contributed by atoms with E-state index in [9.17, 15) is 29.1 Å². The maximum Gasteiger partial charge on any atom is 0.419 e. The number of hydrogen-bond donors (Lipinski definition) is 2. The number of phenols is 1. The number of nitrogens with one attached hydrogen (secondary N) is 1. The van der Waals surface area contributed by atoms with Crippen LogP contribution in [0.25, 0.3) is 0 Å². The van der Waals surface area contributed by atoms with E-state index in [2.05, 4.69) is 10.3 Å². The predicted octanol–water partition coefficient (Wildman–Crippen LogP) is 5.41. The minimum absolute atomic E-state index is 0.0182. The quantitative estimate of drug-likeness (QED) is 0.396. The smallest absolute Gasteiger partial charge is 0.419 e. The number of methoxy groups -OCH3 is 1. The van der Waals surface area contributed by atoms with E-state index >= 15 is 0 Å². The van der Waals surface area contributed by atoms with Crippen LogP contribution in [0, 0.1) is 30.6 Å². The molecule has 1 amide bonds. The molecule has 0 spiro atoms. The summed E-state index contributed by atoms with van der Waals surface area (Å²) in [5.41, 5.74) is -1.27. The van der Waals surface area contributed by atoms with Gasteiger partial charge < -0.3 is 48.5 Å². The molecule has 1 aliphatic carbocycles. The topological polar surface area (TPSA) is 203 Å². The third kappa shape index (κ3) is 8.34. The van der Waals surface area contributed by atoms with E-state index < -0.39 is 88.5 Å². The molecule has 2 N–H and O–H groups in total. The Balaban J connectivity index is 1.35. The fraction of sp³-hybridized carbons (Fsp3) is 0.522. The number of Topliss-reactive ketones (excluding diaryl/α,β-unsaturated/α-hetero) is 3. The second-order valence-electron chi connectivity index (χ2n) is 17.4. The van der Waals surface area contributed by atoms with Gasteiger partial charge in [-0.3, -0.25) is 19.2 Å². The molecule has 9 atom stereocenters. The molecule has 63 heavy (non-hydrogen) atoms. The van der Waals surface area contributed by atoms with Crippen LogP contribution in [0.15, 0.2) is 66.3 Å². The summed E-state index contributed by atoms with van der Waals surface area (Å²) in [4.78, 5) is 77.1. The van der Waals surface area contributed by atoms with Crippen molar-refractivity contribution in [3.8, 4) is 11.5 Å². The van der Waals surface area contributed by atoms with Crippen LogP contribution < -0.4 is 10.1 Å². The van der Waals surface area contributed by atoms with Crippen LogP contribution >= 0.6 is 0 Å². The largest absolute Gasteiger partial charge is 0.507 e. The van der Waals surface area contributed by atoms with E-state index in [1.165, 1.54) is 50.5 Å². The number of benzene rings is 1. The average Bonchev–Trinajstić information content (AvgIpc) is 3.89. The van der Waals surface area contributed by atoms with Gasteiger partial charge in [0.2, 0.25) is 11.6 Å². The zero-order chi connectivity index (χ0) is 45.7. The number of amides is 1. The first-order chi connectivity index (χ1) is 29.8. The van der Waals surface area contributed by atoms with Crippen LogP contribution in [0.4, 0.5) is 4.79 Å². The Hall–Kier alpha value is -5.62. The summed E-state index contributed by atoms with van der Waals surface area (Å²) >= 11 is 0. The van der Waals surface area contributed by atoms with Crippen LogP contribution in [0.2, 0.25) is 0 Å². The Labute approximate surface area is 366 Å². The Kier molecular flexibility index (Phi) is 12.6. The number of rotatable bonds is 3. The van der Waals surface area contributed by atoms with Crippen molar-refractivity contribution >= 4 is 29.4 Å². The molecule has 7 bridgehead atoms. The minimum Gasteiger partial charge on any atom is -0.507 e. The molecule has 0 saturated carbocycles. The van der Waals surface area contributed by atoms with Crippen molar-refractivity contribution in [1.82, 2.24) is 19.8 Å². The number of aromatic hydroxyl groups is 1. The summed E-state index contributed by atoms with van der Waals surface area (Å²) in [6.45, 7) is 16.7. The third-order valence-corrected chi connectivity index (χ3v) is 12.7. The zero-order valence-corrected chi connectivity index (χ0v) is 37.3. The molecular formula is C46H56N4O13. The molecule has 2 saturated heterocycles. The number of fused-ring (bicyclic) bond motifs is 10. The van der Waals surface area contributed by atoms with Crippen LogP contribution in [-0.2, 0) is 33.2 Å². The number of morpholine rings is 1. The second kappa shape index (κ2) is 17.5. The minimum atomic E-state index is -2.07. The number of imidazole rings is 1. The molecule has 17 nitrogen and oxygen atoms in total. The molecule has 6 heterocycles. The number of ketones is 3. The van der Waals surface area contributed by atoms with Gasteiger partial charge in [-0.05, 0) is 33.8 Å². The maximum atomic E-state index is 14.8. The van der Waals surface area contributed by atoms with Crippen LogP contribution in [0.3, 0.4) is 0 Å². The SMILES string of the molecule is CO[C@H]1/C=C/O[C@@]2(C)Oc3c(C)c(O)c4c(c3C2=O)C(=O)C(N2CCOCC2)=C(NC(=O)/C(C)=C\C=C\[C@H](C)[C@@H]2OC(C)(C)O[C@@H]([C@@H](C)[C@H](OC(=O)n3ccnc3)[C@@H]1C)[C@@H]2C)C4=O. The third-order valence-electron chi connectivity index (χ3n) is 12.7. The Morgan fingerprint density at radius 2 is 1.62 bits per heavy atom. The molecule has 17 heteroatoms. The van der Waals surface area contributed by atoms with Crippen molar-refractivity contribution in [3.63, 3.8) is 0 Å². The highest BCUT2D eigenvalue weighted by Gasteiger charge is 2.54. The first kappa shape index (κ1) is 45.4.